The molecule has 0 radical (unpaired) electrons. The molecule has 1 unspecified atom stereocenters. The second kappa shape index (κ2) is 4.79. The van der Waals surface area contributed by atoms with Crippen molar-refractivity contribution in [3.8, 4) is 0 Å². The Kier molecular flexibility index (Phi) is 3.19. The molecule has 4 nitrogen and oxygen atoms in total. The van der Waals surface area contributed by atoms with E-state index in [0.29, 0.717) is 13.0 Å². The fourth-order valence-electron chi connectivity index (χ4n) is 1.65. The molecule has 4 heteroatoms. The van der Waals surface area contributed by atoms with Crippen molar-refractivity contribution in [1.82, 2.24) is 5.32 Å². The molecule has 1 aliphatic heterocycles. The summed E-state index contributed by atoms with van der Waals surface area (Å²) in [5.41, 5.74) is 0.925. The molecule has 84 valence electrons. The van der Waals surface area contributed by atoms with Gasteiger partial charge in [-0.25, -0.2) is 0 Å². The van der Waals surface area contributed by atoms with E-state index in [0.717, 1.165) is 5.56 Å². The van der Waals surface area contributed by atoms with E-state index in [9.17, 15) is 9.59 Å². The molecule has 1 heterocycles. The average Bonchev–Trinajstić information content (AvgIpc) is 2.74. The molecule has 1 fully saturated rings. The second-order valence-corrected chi connectivity index (χ2v) is 3.73. The number of carbonyl (C=O) groups is 2. The van der Waals surface area contributed by atoms with Gasteiger partial charge in [-0.05, 0) is 12.0 Å². The summed E-state index contributed by atoms with van der Waals surface area (Å²) in [5.74, 6) is -1.28. The standard InChI is InChI=1S/C12H13NO3/c14-11-10(6-7-13-11)12(15)16-8-9-4-2-1-3-5-9/h1-5,10H,6-8H2,(H,13,14). The molecular formula is C12H13NO3. The molecule has 1 saturated heterocycles. The molecule has 1 atom stereocenters. The number of esters is 1. The minimum atomic E-state index is -0.622. The maximum Gasteiger partial charge on any atom is 0.318 e. The lowest BCUT2D eigenvalue weighted by molar-refractivity contribution is -0.152. The molecule has 1 aromatic rings. The van der Waals surface area contributed by atoms with Gasteiger partial charge >= 0.3 is 5.97 Å². The molecule has 2 rings (SSSR count). The first kappa shape index (κ1) is 10.7. The fourth-order valence-corrected chi connectivity index (χ4v) is 1.65. The molecular weight excluding hydrogens is 206 g/mol. The third-order valence-electron chi connectivity index (χ3n) is 2.56. The van der Waals surface area contributed by atoms with E-state index in [1.807, 2.05) is 30.3 Å². The Bertz CT molecular complexity index is 389. The van der Waals surface area contributed by atoms with Gasteiger partial charge in [0.25, 0.3) is 0 Å². The highest BCUT2D eigenvalue weighted by Crippen LogP contribution is 2.12. The van der Waals surface area contributed by atoms with Gasteiger partial charge in [-0.15, -0.1) is 0 Å². The summed E-state index contributed by atoms with van der Waals surface area (Å²) in [6, 6.07) is 9.41. The number of hydrogen-bond donors (Lipinski definition) is 1. The number of nitrogens with one attached hydrogen (secondary N) is 1. The van der Waals surface area contributed by atoms with Crippen molar-refractivity contribution in [2.75, 3.05) is 6.54 Å². The average molecular weight is 219 g/mol. The number of rotatable bonds is 3. The van der Waals surface area contributed by atoms with E-state index in [4.69, 9.17) is 4.74 Å². The Labute approximate surface area is 93.6 Å². The summed E-state index contributed by atoms with van der Waals surface area (Å²) in [5, 5.41) is 2.61. The zero-order valence-electron chi connectivity index (χ0n) is 8.81. The van der Waals surface area contributed by atoms with Gasteiger partial charge in [0.1, 0.15) is 12.5 Å². The van der Waals surface area contributed by atoms with Crippen LogP contribution in [0.25, 0.3) is 0 Å². The van der Waals surface area contributed by atoms with Crippen LogP contribution in [-0.4, -0.2) is 18.4 Å². The topological polar surface area (TPSA) is 55.4 Å². The minimum Gasteiger partial charge on any atom is -0.460 e. The van der Waals surface area contributed by atoms with Crippen molar-refractivity contribution in [3.05, 3.63) is 35.9 Å². The molecule has 0 aromatic heterocycles. The van der Waals surface area contributed by atoms with Crippen LogP contribution in [0.5, 0.6) is 0 Å². The Morgan fingerprint density at radius 3 is 2.75 bits per heavy atom. The fraction of sp³-hybridized carbons (Fsp3) is 0.333. The minimum absolute atomic E-state index is 0.224. The zero-order valence-corrected chi connectivity index (χ0v) is 8.81. The van der Waals surface area contributed by atoms with Crippen LogP contribution in [-0.2, 0) is 20.9 Å². The van der Waals surface area contributed by atoms with Crippen molar-refractivity contribution in [2.45, 2.75) is 13.0 Å². The number of benzene rings is 1. The Morgan fingerprint density at radius 2 is 2.12 bits per heavy atom. The zero-order chi connectivity index (χ0) is 11.4. The van der Waals surface area contributed by atoms with Gasteiger partial charge < -0.3 is 10.1 Å². The largest absolute Gasteiger partial charge is 0.460 e. The lowest BCUT2D eigenvalue weighted by Crippen LogP contribution is -2.26. The lowest BCUT2D eigenvalue weighted by Gasteiger charge is -2.07. The number of amides is 1. The van der Waals surface area contributed by atoms with Crippen LogP contribution in [0.15, 0.2) is 30.3 Å². The molecule has 0 saturated carbocycles. The van der Waals surface area contributed by atoms with Crippen LogP contribution in [0.3, 0.4) is 0 Å². The van der Waals surface area contributed by atoms with Crippen LogP contribution >= 0.6 is 0 Å². The highest BCUT2D eigenvalue weighted by molar-refractivity contribution is 5.99. The van der Waals surface area contributed by atoms with Gasteiger partial charge in [-0.2, -0.15) is 0 Å². The van der Waals surface area contributed by atoms with Gasteiger partial charge in [0, 0.05) is 6.54 Å². The van der Waals surface area contributed by atoms with E-state index in [1.54, 1.807) is 0 Å². The van der Waals surface area contributed by atoms with Crippen molar-refractivity contribution >= 4 is 11.9 Å². The highest BCUT2D eigenvalue weighted by atomic mass is 16.5. The third kappa shape index (κ3) is 2.39. The normalized spacial score (nSPS) is 19.2. The molecule has 0 spiro atoms. The summed E-state index contributed by atoms with van der Waals surface area (Å²) >= 11 is 0. The molecule has 0 bridgehead atoms. The molecule has 1 aliphatic rings. The van der Waals surface area contributed by atoms with Crippen LogP contribution in [0.1, 0.15) is 12.0 Å². The Morgan fingerprint density at radius 1 is 1.38 bits per heavy atom. The van der Waals surface area contributed by atoms with Crippen molar-refractivity contribution in [3.63, 3.8) is 0 Å². The number of carbonyl (C=O) groups excluding carboxylic acids is 2. The van der Waals surface area contributed by atoms with Gasteiger partial charge in [0.05, 0.1) is 0 Å². The SMILES string of the molecule is O=C1NCCC1C(=O)OCc1ccccc1. The van der Waals surface area contributed by atoms with Gasteiger partial charge in [-0.3, -0.25) is 9.59 Å². The predicted molar refractivity (Wildman–Crippen MR) is 57.4 cm³/mol. The number of hydrogen-bond acceptors (Lipinski definition) is 3. The lowest BCUT2D eigenvalue weighted by atomic mass is 10.1. The third-order valence-corrected chi connectivity index (χ3v) is 2.56. The Balaban J connectivity index is 1.86. The maximum absolute atomic E-state index is 11.5. The molecule has 1 amide bonds. The smallest absolute Gasteiger partial charge is 0.318 e. The van der Waals surface area contributed by atoms with Crippen molar-refractivity contribution in [1.29, 1.82) is 0 Å². The highest BCUT2D eigenvalue weighted by Gasteiger charge is 2.32. The molecule has 16 heavy (non-hydrogen) atoms. The monoisotopic (exact) mass is 219 g/mol. The van der Waals surface area contributed by atoms with Gasteiger partial charge in [-0.1, -0.05) is 30.3 Å². The van der Waals surface area contributed by atoms with E-state index in [-0.39, 0.29) is 12.5 Å². The van der Waals surface area contributed by atoms with E-state index in [2.05, 4.69) is 5.32 Å². The summed E-state index contributed by atoms with van der Waals surface area (Å²) < 4.78 is 5.08. The van der Waals surface area contributed by atoms with E-state index < -0.39 is 11.9 Å². The quantitative estimate of drug-likeness (QED) is 0.606. The second-order valence-electron chi connectivity index (χ2n) is 3.73. The van der Waals surface area contributed by atoms with Gasteiger partial charge in [0.15, 0.2) is 0 Å². The first-order valence-electron chi connectivity index (χ1n) is 5.25. The van der Waals surface area contributed by atoms with Crippen molar-refractivity contribution in [2.24, 2.45) is 5.92 Å². The molecule has 0 aliphatic carbocycles. The predicted octanol–water partition coefficient (Wildman–Crippen LogP) is 0.866. The Hall–Kier alpha value is -1.84. The summed E-state index contributed by atoms with van der Waals surface area (Å²) in [7, 11) is 0. The molecule has 1 aromatic carbocycles. The summed E-state index contributed by atoms with van der Waals surface area (Å²) in [6.07, 6.45) is 0.534. The maximum atomic E-state index is 11.5. The first-order valence-corrected chi connectivity index (χ1v) is 5.25. The number of ether oxygens (including phenoxy) is 1. The van der Waals surface area contributed by atoms with Crippen LogP contribution in [0.2, 0.25) is 0 Å². The van der Waals surface area contributed by atoms with Crippen LogP contribution < -0.4 is 5.32 Å². The first-order chi connectivity index (χ1) is 7.77. The molecule has 1 N–H and O–H groups in total. The van der Waals surface area contributed by atoms with Crippen LogP contribution in [0, 0.1) is 5.92 Å². The summed E-state index contributed by atoms with van der Waals surface area (Å²) in [4.78, 5) is 22.8. The van der Waals surface area contributed by atoms with E-state index in [1.165, 1.54) is 0 Å². The van der Waals surface area contributed by atoms with E-state index >= 15 is 0 Å². The van der Waals surface area contributed by atoms with Crippen molar-refractivity contribution < 1.29 is 14.3 Å². The van der Waals surface area contributed by atoms with Gasteiger partial charge in [0.2, 0.25) is 5.91 Å². The van der Waals surface area contributed by atoms with Crippen LogP contribution in [0.4, 0.5) is 0 Å². The summed E-state index contributed by atoms with van der Waals surface area (Å²) in [6.45, 7) is 0.785.